The number of aliphatic carboxylic acids is 1. The van der Waals surface area contributed by atoms with E-state index in [9.17, 15) is 22.0 Å². The van der Waals surface area contributed by atoms with Gasteiger partial charge < -0.3 is 10.0 Å². The normalized spacial score (nSPS) is 16.4. The molecule has 0 radical (unpaired) electrons. The smallest absolute Gasteiger partial charge is 0.475 e. The van der Waals surface area contributed by atoms with Crippen molar-refractivity contribution in [3.05, 3.63) is 58.0 Å². The van der Waals surface area contributed by atoms with Gasteiger partial charge in [0.05, 0.1) is 17.4 Å². The number of halogens is 6. The zero-order valence-corrected chi connectivity index (χ0v) is 21.1. The van der Waals surface area contributed by atoms with Crippen molar-refractivity contribution in [3.8, 4) is 0 Å². The molecule has 37 heavy (non-hydrogen) atoms. The molecule has 3 heterocycles. The first-order valence-electron chi connectivity index (χ1n) is 11.5. The molecule has 1 aromatic carbocycles. The van der Waals surface area contributed by atoms with E-state index in [0.29, 0.717) is 18.0 Å². The highest BCUT2D eigenvalue weighted by molar-refractivity contribution is 9.10. The maximum absolute atomic E-state index is 14.0. The molecular formula is C24H23BrF5N5O2. The van der Waals surface area contributed by atoms with Crippen LogP contribution in [0.15, 0.2) is 35.1 Å². The minimum Gasteiger partial charge on any atom is -0.475 e. The number of hydrogen-bond donors (Lipinski definition) is 1. The maximum Gasteiger partial charge on any atom is 0.490 e. The van der Waals surface area contributed by atoms with Crippen LogP contribution in [0.3, 0.4) is 0 Å². The molecule has 13 heteroatoms. The van der Waals surface area contributed by atoms with Gasteiger partial charge in [0.25, 0.3) is 0 Å². The third kappa shape index (κ3) is 7.31. The molecule has 2 aliphatic rings. The van der Waals surface area contributed by atoms with Crippen molar-refractivity contribution >= 4 is 38.8 Å². The van der Waals surface area contributed by atoms with Gasteiger partial charge in [-0.3, -0.25) is 4.90 Å². The molecule has 1 aliphatic heterocycles. The number of nitrogens with zero attached hydrogens (tertiary/aromatic N) is 5. The van der Waals surface area contributed by atoms with Crippen LogP contribution in [0.4, 0.5) is 27.8 Å². The molecule has 1 saturated carbocycles. The lowest BCUT2D eigenvalue weighted by molar-refractivity contribution is -0.192. The van der Waals surface area contributed by atoms with Gasteiger partial charge in [-0.25, -0.2) is 28.5 Å². The summed E-state index contributed by atoms with van der Waals surface area (Å²) in [6.07, 6.45) is 0.153. The molecule has 0 bridgehead atoms. The molecule has 1 aliphatic carbocycles. The molecule has 0 spiro atoms. The second-order valence-electron chi connectivity index (χ2n) is 8.94. The van der Waals surface area contributed by atoms with Crippen molar-refractivity contribution in [1.29, 1.82) is 0 Å². The summed E-state index contributed by atoms with van der Waals surface area (Å²) < 4.78 is 59.6. The number of pyridine rings is 1. The van der Waals surface area contributed by atoms with Gasteiger partial charge in [-0.05, 0) is 53.2 Å². The summed E-state index contributed by atoms with van der Waals surface area (Å²) in [7, 11) is 0. The minimum atomic E-state index is -5.08. The van der Waals surface area contributed by atoms with Crippen molar-refractivity contribution in [2.24, 2.45) is 5.92 Å². The Morgan fingerprint density at radius 3 is 2.32 bits per heavy atom. The van der Waals surface area contributed by atoms with E-state index in [1.54, 1.807) is 6.20 Å². The highest BCUT2D eigenvalue weighted by Gasteiger charge is 2.38. The fourth-order valence-electron chi connectivity index (χ4n) is 3.96. The van der Waals surface area contributed by atoms with Crippen LogP contribution in [-0.2, 0) is 17.8 Å². The Labute approximate surface area is 217 Å². The average Bonchev–Trinajstić information content (AvgIpc) is 3.65. The van der Waals surface area contributed by atoms with E-state index in [1.807, 2.05) is 6.07 Å². The molecule has 7 nitrogen and oxygen atoms in total. The molecule has 198 valence electrons. The number of carboxylic acids is 1. The van der Waals surface area contributed by atoms with Crippen molar-refractivity contribution in [2.45, 2.75) is 32.0 Å². The highest BCUT2D eigenvalue weighted by Crippen LogP contribution is 2.35. The van der Waals surface area contributed by atoms with Crippen LogP contribution in [0.5, 0.6) is 0 Å². The largest absolute Gasteiger partial charge is 0.490 e. The van der Waals surface area contributed by atoms with Crippen molar-refractivity contribution in [1.82, 2.24) is 19.9 Å². The Balaban J connectivity index is 0.000000405. The standard InChI is InChI=1S/C22H22BrF2N5.C2HF3O2/c23-21-11-18-20(12-26-21)27-19(9-14-1-2-14)22(28-18)30-7-5-29(6-8-30)13-15-3-4-16(24)10-17(15)25;3-2(4,5)1(6)7/h3-4,10-12,14H,1-2,5-9,13H2;(H,6,7). The molecule has 5 rings (SSSR count). The summed E-state index contributed by atoms with van der Waals surface area (Å²) in [5.41, 5.74) is 3.24. The first-order valence-corrected chi connectivity index (χ1v) is 12.3. The number of fused-ring (bicyclic) bond motifs is 1. The van der Waals surface area contributed by atoms with Gasteiger partial charge in [0.1, 0.15) is 21.8 Å². The lowest BCUT2D eigenvalue weighted by atomic mass is 10.1. The lowest BCUT2D eigenvalue weighted by Crippen LogP contribution is -2.46. The van der Waals surface area contributed by atoms with Crippen molar-refractivity contribution in [3.63, 3.8) is 0 Å². The molecule has 0 unspecified atom stereocenters. The summed E-state index contributed by atoms with van der Waals surface area (Å²) in [5, 5.41) is 7.12. The van der Waals surface area contributed by atoms with Gasteiger partial charge in [-0.1, -0.05) is 6.07 Å². The van der Waals surface area contributed by atoms with Gasteiger partial charge in [-0.2, -0.15) is 13.2 Å². The first kappa shape index (κ1) is 27.1. The van der Waals surface area contributed by atoms with E-state index in [1.165, 1.54) is 25.0 Å². The minimum absolute atomic E-state index is 0.483. The van der Waals surface area contributed by atoms with Crippen LogP contribution in [0.2, 0.25) is 0 Å². The lowest BCUT2D eigenvalue weighted by Gasteiger charge is -2.36. The fraction of sp³-hybridized carbons (Fsp3) is 0.417. The molecule has 0 amide bonds. The average molecular weight is 588 g/mol. The number of alkyl halides is 3. The van der Waals surface area contributed by atoms with Gasteiger partial charge in [-0.15, -0.1) is 0 Å². The predicted octanol–water partition coefficient (Wildman–Crippen LogP) is 4.97. The Hall–Kier alpha value is -2.93. The SMILES string of the molecule is Fc1ccc(CN2CCN(c3nc4cc(Br)ncc4nc3CC3CC3)CC2)c(F)c1.O=C(O)C(F)(F)F. The third-order valence-corrected chi connectivity index (χ3v) is 6.50. The van der Waals surface area contributed by atoms with E-state index in [4.69, 9.17) is 19.9 Å². The Bertz CT molecular complexity index is 1280. The summed E-state index contributed by atoms with van der Waals surface area (Å²) in [6, 6.07) is 5.70. The van der Waals surface area contributed by atoms with Gasteiger partial charge in [0, 0.05) is 44.4 Å². The molecule has 1 N–H and O–H groups in total. The second kappa shape index (κ2) is 11.2. The fourth-order valence-corrected chi connectivity index (χ4v) is 4.28. The Morgan fingerprint density at radius 2 is 1.73 bits per heavy atom. The number of carboxylic acid groups (broad SMARTS) is 1. The van der Waals surface area contributed by atoms with Crippen LogP contribution in [-0.4, -0.2) is 63.3 Å². The number of piperazine rings is 1. The van der Waals surface area contributed by atoms with Crippen LogP contribution in [0.1, 0.15) is 24.1 Å². The molecular weight excluding hydrogens is 565 g/mol. The monoisotopic (exact) mass is 587 g/mol. The van der Waals surface area contributed by atoms with Gasteiger partial charge in [0.2, 0.25) is 0 Å². The molecule has 2 aromatic heterocycles. The van der Waals surface area contributed by atoms with Crippen LogP contribution in [0, 0.1) is 17.6 Å². The zero-order valence-electron chi connectivity index (χ0n) is 19.5. The van der Waals surface area contributed by atoms with E-state index in [2.05, 4.69) is 30.7 Å². The topological polar surface area (TPSA) is 82.5 Å². The zero-order chi connectivity index (χ0) is 26.7. The molecule has 2 fully saturated rings. The summed E-state index contributed by atoms with van der Waals surface area (Å²) >= 11 is 3.42. The van der Waals surface area contributed by atoms with Crippen LogP contribution >= 0.6 is 15.9 Å². The number of rotatable bonds is 5. The van der Waals surface area contributed by atoms with E-state index >= 15 is 0 Å². The van der Waals surface area contributed by atoms with E-state index < -0.39 is 23.8 Å². The number of carbonyl (C=O) groups is 1. The molecule has 0 atom stereocenters. The van der Waals surface area contributed by atoms with E-state index in [-0.39, 0.29) is 0 Å². The highest BCUT2D eigenvalue weighted by atomic mass is 79.9. The number of anilines is 1. The first-order chi connectivity index (χ1) is 17.5. The maximum atomic E-state index is 14.0. The Morgan fingerprint density at radius 1 is 1.05 bits per heavy atom. The van der Waals surface area contributed by atoms with Gasteiger partial charge in [0.15, 0.2) is 5.82 Å². The number of aromatic nitrogens is 3. The van der Waals surface area contributed by atoms with Crippen LogP contribution < -0.4 is 4.90 Å². The summed E-state index contributed by atoms with van der Waals surface area (Å²) in [4.78, 5) is 27.5. The van der Waals surface area contributed by atoms with Crippen molar-refractivity contribution in [2.75, 3.05) is 31.1 Å². The molecule has 3 aromatic rings. The van der Waals surface area contributed by atoms with Crippen LogP contribution in [0.25, 0.3) is 11.0 Å². The summed E-state index contributed by atoms with van der Waals surface area (Å²) in [5.74, 6) is -2.11. The molecule has 1 saturated heterocycles. The van der Waals surface area contributed by atoms with Gasteiger partial charge >= 0.3 is 12.1 Å². The van der Waals surface area contributed by atoms with E-state index in [0.717, 1.165) is 65.8 Å². The quantitative estimate of drug-likeness (QED) is 0.333. The third-order valence-electron chi connectivity index (χ3n) is 6.07. The predicted molar refractivity (Wildman–Crippen MR) is 129 cm³/mol. The van der Waals surface area contributed by atoms with Crippen molar-refractivity contribution < 1.29 is 31.9 Å². The number of benzene rings is 1. The number of hydrogen-bond acceptors (Lipinski definition) is 6. The second-order valence-corrected chi connectivity index (χ2v) is 9.75. The Kier molecular flexibility index (Phi) is 8.22. The summed E-state index contributed by atoms with van der Waals surface area (Å²) in [6.45, 7) is 3.66.